The Morgan fingerprint density at radius 1 is 1.47 bits per heavy atom. The molecule has 0 radical (unpaired) electrons. The molecule has 0 aliphatic rings. The molecule has 0 amide bonds. The molecule has 0 bridgehead atoms. The Morgan fingerprint density at radius 2 is 2.06 bits per heavy atom. The van der Waals surface area contributed by atoms with Crippen molar-refractivity contribution in [1.82, 2.24) is 0 Å². The van der Waals surface area contributed by atoms with Gasteiger partial charge in [0.1, 0.15) is 0 Å². The highest BCUT2D eigenvalue weighted by Gasteiger charge is 2.35. The monoisotopic (exact) mass is 311 g/mol. The largest absolute Gasteiger partial charge is 0.462 e. The molecular weight excluding hydrogens is 303 g/mol. The van der Waals surface area contributed by atoms with Gasteiger partial charge in [-0.25, -0.2) is 4.79 Å². The molecule has 17 heavy (non-hydrogen) atoms. The van der Waals surface area contributed by atoms with Crippen molar-refractivity contribution in [3.63, 3.8) is 0 Å². The summed E-state index contributed by atoms with van der Waals surface area (Å²) < 4.78 is 42.6. The van der Waals surface area contributed by atoms with E-state index in [-0.39, 0.29) is 16.6 Å². The molecule has 7 heteroatoms. The fourth-order valence-corrected chi connectivity index (χ4v) is 1.69. The van der Waals surface area contributed by atoms with E-state index in [9.17, 15) is 18.0 Å². The van der Waals surface area contributed by atoms with Gasteiger partial charge in [0, 0.05) is 4.47 Å². The van der Waals surface area contributed by atoms with Crippen molar-refractivity contribution in [2.75, 3.05) is 12.3 Å². The van der Waals surface area contributed by atoms with E-state index in [1.807, 2.05) is 0 Å². The third kappa shape index (κ3) is 3.12. The number of anilines is 1. The van der Waals surface area contributed by atoms with Crippen LogP contribution < -0.4 is 5.73 Å². The summed E-state index contributed by atoms with van der Waals surface area (Å²) in [5, 5.41) is 0. The molecule has 0 spiro atoms. The number of esters is 1. The van der Waals surface area contributed by atoms with Crippen LogP contribution in [0.1, 0.15) is 22.8 Å². The Labute approximate surface area is 104 Å². The lowest BCUT2D eigenvalue weighted by Crippen LogP contribution is -2.15. The Bertz CT molecular complexity index is 446. The molecule has 2 N–H and O–H groups in total. The van der Waals surface area contributed by atoms with E-state index in [1.165, 1.54) is 6.07 Å². The van der Waals surface area contributed by atoms with Crippen molar-refractivity contribution < 1.29 is 22.7 Å². The average Bonchev–Trinajstić information content (AvgIpc) is 2.19. The molecule has 1 aromatic carbocycles. The predicted molar refractivity (Wildman–Crippen MR) is 59.5 cm³/mol. The zero-order valence-electron chi connectivity index (χ0n) is 8.77. The quantitative estimate of drug-likeness (QED) is 0.674. The normalized spacial score (nSPS) is 11.4. The van der Waals surface area contributed by atoms with Crippen LogP contribution >= 0.6 is 15.9 Å². The van der Waals surface area contributed by atoms with Crippen LogP contribution in [0.15, 0.2) is 16.6 Å². The van der Waals surface area contributed by atoms with Crippen LogP contribution in [0.25, 0.3) is 0 Å². The molecule has 0 saturated carbocycles. The van der Waals surface area contributed by atoms with Crippen molar-refractivity contribution in [2.24, 2.45) is 0 Å². The Morgan fingerprint density at radius 3 is 2.53 bits per heavy atom. The van der Waals surface area contributed by atoms with E-state index in [4.69, 9.17) is 5.73 Å². The lowest BCUT2D eigenvalue weighted by Gasteiger charge is -2.13. The maximum absolute atomic E-state index is 12.6. The van der Waals surface area contributed by atoms with Crippen molar-refractivity contribution in [2.45, 2.75) is 13.1 Å². The number of benzene rings is 1. The fourth-order valence-electron chi connectivity index (χ4n) is 1.23. The number of hydrogen-bond donors (Lipinski definition) is 1. The molecule has 0 unspecified atom stereocenters. The lowest BCUT2D eigenvalue weighted by molar-refractivity contribution is -0.136. The Kier molecular flexibility index (Phi) is 4.03. The van der Waals surface area contributed by atoms with E-state index in [0.717, 1.165) is 6.07 Å². The molecule has 1 rings (SSSR count). The van der Waals surface area contributed by atoms with Gasteiger partial charge in [-0.3, -0.25) is 0 Å². The molecular formula is C10H9BrF3NO2. The van der Waals surface area contributed by atoms with E-state index in [2.05, 4.69) is 20.7 Å². The summed E-state index contributed by atoms with van der Waals surface area (Å²) in [6, 6.07) is 2.01. The number of nitrogen functional groups attached to an aromatic ring is 1. The van der Waals surface area contributed by atoms with E-state index < -0.39 is 23.4 Å². The van der Waals surface area contributed by atoms with Crippen molar-refractivity contribution in [1.29, 1.82) is 0 Å². The van der Waals surface area contributed by atoms with Gasteiger partial charge in [0.05, 0.1) is 23.4 Å². The molecule has 0 atom stereocenters. The minimum absolute atomic E-state index is 0.0616. The third-order valence-electron chi connectivity index (χ3n) is 1.95. The van der Waals surface area contributed by atoms with Crippen molar-refractivity contribution in [3.8, 4) is 0 Å². The fraction of sp³-hybridized carbons (Fsp3) is 0.300. The van der Waals surface area contributed by atoms with Crippen LogP contribution in [-0.2, 0) is 10.9 Å². The number of rotatable bonds is 2. The number of carbonyl (C=O) groups is 1. The van der Waals surface area contributed by atoms with Crippen LogP contribution in [0.5, 0.6) is 0 Å². The minimum atomic E-state index is -4.62. The summed E-state index contributed by atoms with van der Waals surface area (Å²) in [7, 11) is 0. The summed E-state index contributed by atoms with van der Waals surface area (Å²) in [5.41, 5.74) is 3.34. The number of alkyl halides is 3. The van der Waals surface area contributed by atoms with Crippen LogP contribution in [0.2, 0.25) is 0 Å². The SMILES string of the molecule is CCOC(=O)c1cc(Br)cc(C(F)(F)F)c1N. The van der Waals surface area contributed by atoms with Crippen LogP contribution in [0, 0.1) is 0 Å². The zero-order valence-corrected chi connectivity index (χ0v) is 10.4. The Balaban J connectivity index is 3.34. The molecule has 0 aromatic heterocycles. The van der Waals surface area contributed by atoms with Gasteiger partial charge in [0.25, 0.3) is 0 Å². The summed E-state index contributed by atoms with van der Waals surface area (Å²) in [4.78, 5) is 11.4. The number of ether oxygens (including phenoxy) is 1. The number of halogens is 4. The summed E-state index contributed by atoms with van der Waals surface area (Å²) in [6.07, 6.45) is -4.62. The molecule has 3 nitrogen and oxygen atoms in total. The topological polar surface area (TPSA) is 52.3 Å². The Hall–Kier alpha value is -1.24. The van der Waals surface area contributed by atoms with Gasteiger partial charge in [-0.1, -0.05) is 15.9 Å². The standard InChI is InChI=1S/C10H9BrF3NO2/c1-2-17-9(16)6-3-5(11)4-7(8(6)15)10(12,13)14/h3-4H,2,15H2,1H3. The van der Waals surface area contributed by atoms with E-state index >= 15 is 0 Å². The first-order valence-electron chi connectivity index (χ1n) is 4.60. The second kappa shape index (κ2) is 4.95. The number of carbonyl (C=O) groups excluding carboxylic acids is 1. The lowest BCUT2D eigenvalue weighted by atomic mass is 10.1. The average molecular weight is 312 g/mol. The molecule has 0 saturated heterocycles. The van der Waals surface area contributed by atoms with Gasteiger partial charge < -0.3 is 10.5 Å². The highest BCUT2D eigenvalue weighted by atomic mass is 79.9. The van der Waals surface area contributed by atoms with Crippen LogP contribution in [0.4, 0.5) is 18.9 Å². The minimum Gasteiger partial charge on any atom is -0.462 e. The first kappa shape index (κ1) is 13.8. The van der Waals surface area contributed by atoms with Gasteiger partial charge in [-0.05, 0) is 19.1 Å². The molecule has 94 valence electrons. The third-order valence-corrected chi connectivity index (χ3v) is 2.40. The smallest absolute Gasteiger partial charge is 0.418 e. The molecule has 0 aliphatic carbocycles. The van der Waals surface area contributed by atoms with Gasteiger partial charge in [-0.15, -0.1) is 0 Å². The number of hydrogen-bond acceptors (Lipinski definition) is 3. The first-order valence-corrected chi connectivity index (χ1v) is 5.40. The van der Waals surface area contributed by atoms with Crippen molar-refractivity contribution in [3.05, 3.63) is 27.7 Å². The van der Waals surface area contributed by atoms with Crippen molar-refractivity contribution >= 4 is 27.6 Å². The first-order chi connectivity index (χ1) is 7.77. The summed E-state index contributed by atoms with van der Waals surface area (Å²) in [6.45, 7) is 1.61. The maximum atomic E-state index is 12.6. The van der Waals surface area contributed by atoms with Crippen LogP contribution in [0.3, 0.4) is 0 Å². The van der Waals surface area contributed by atoms with Gasteiger partial charge in [0.2, 0.25) is 0 Å². The van der Waals surface area contributed by atoms with Gasteiger partial charge >= 0.3 is 12.1 Å². The zero-order chi connectivity index (χ0) is 13.2. The van der Waals surface area contributed by atoms with E-state index in [1.54, 1.807) is 6.92 Å². The molecule has 0 aliphatic heterocycles. The molecule has 0 heterocycles. The molecule has 1 aromatic rings. The van der Waals surface area contributed by atoms with Gasteiger partial charge in [-0.2, -0.15) is 13.2 Å². The highest BCUT2D eigenvalue weighted by molar-refractivity contribution is 9.10. The summed E-state index contributed by atoms with van der Waals surface area (Å²) in [5.74, 6) is -0.878. The highest BCUT2D eigenvalue weighted by Crippen LogP contribution is 2.37. The number of nitrogens with two attached hydrogens (primary N) is 1. The second-order valence-electron chi connectivity index (χ2n) is 3.13. The molecule has 0 fully saturated rings. The summed E-state index contributed by atoms with van der Waals surface area (Å²) >= 11 is 2.90. The maximum Gasteiger partial charge on any atom is 0.418 e. The van der Waals surface area contributed by atoms with Gasteiger partial charge in [0.15, 0.2) is 0 Å². The predicted octanol–water partition coefficient (Wildman–Crippen LogP) is 3.23. The van der Waals surface area contributed by atoms with Crippen LogP contribution in [-0.4, -0.2) is 12.6 Å². The van der Waals surface area contributed by atoms with E-state index in [0.29, 0.717) is 0 Å². The second-order valence-corrected chi connectivity index (χ2v) is 4.05.